The van der Waals surface area contributed by atoms with Gasteiger partial charge in [-0.3, -0.25) is 9.59 Å². The van der Waals surface area contributed by atoms with E-state index in [1.807, 2.05) is 38.2 Å². The number of hydrogen-bond acceptors (Lipinski definition) is 7. The number of morpholine rings is 1. The van der Waals surface area contributed by atoms with Gasteiger partial charge >= 0.3 is 0 Å². The Morgan fingerprint density at radius 2 is 2.25 bits per heavy atom. The van der Waals surface area contributed by atoms with Gasteiger partial charge in [0.1, 0.15) is 4.88 Å². The van der Waals surface area contributed by atoms with Crippen molar-refractivity contribution in [3.63, 3.8) is 0 Å². The Balaban J connectivity index is 1.40. The van der Waals surface area contributed by atoms with Gasteiger partial charge in [0.2, 0.25) is 0 Å². The number of aromatic amines is 1. The van der Waals surface area contributed by atoms with Gasteiger partial charge in [0, 0.05) is 54.8 Å². The van der Waals surface area contributed by atoms with Crippen molar-refractivity contribution in [3.8, 4) is 6.07 Å². The molecule has 4 heterocycles. The third kappa shape index (κ3) is 4.68. The molecule has 2 aliphatic rings. The Morgan fingerprint density at radius 1 is 1.42 bits per heavy atom. The lowest BCUT2D eigenvalue weighted by Crippen LogP contribution is -2.48. The summed E-state index contributed by atoms with van der Waals surface area (Å²) in [4.78, 5) is 38.3. The van der Waals surface area contributed by atoms with E-state index in [2.05, 4.69) is 21.3 Å². The van der Waals surface area contributed by atoms with Crippen LogP contribution in [0.15, 0.2) is 24.4 Å². The molecule has 0 spiro atoms. The van der Waals surface area contributed by atoms with E-state index >= 15 is 0 Å². The van der Waals surface area contributed by atoms with Crippen LogP contribution in [-0.4, -0.2) is 71.6 Å². The van der Waals surface area contributed by atoms with Crippen LogP contribution in [0.25, 0.3) is 10.9 Å². The second kappa shape index (κ2) is 9.56. The molecule has 3 aromatic rings. The SMILES string of the molecule is CN(CCC#N)C(=O)c1ccc2[nH]cc(C[C@H]3COCCN3c3nc4c(s3)C(=O)NC(C)(C)C4)c2c1. The minimum Gasteiger partial charge on any atom is -0.377 e. The van der Waals surface area contributed by atoms with E-state index in [1.54, 1.807) is 11.9 Å². The number of carbonyl (C=O) groups is 2. The second-order valence-electron chi connectivity index (χ2n) is 10.1. The quantitative estimate of drug-likeness (QED) is 0.531. The zero-order valence-electron chi connectivity index (χ0n) is 20.8. The van der Waals surface area contributed by atoms with Crippen molar-refractivity contribution in [2.24, 2.45) is 0 Å². The summed E-state index contributed by atoms with van der Waals surface area (Å²) < 4.78 is 5.84. The lowest BCUT2D eigenvalue weighted by Gasteiger charge is -2.35. The van der Waals surface area contributed by atoms with Crippen LogP contribution in [0.2, 0.25) is 0 Å². The first-order valence-corrected chi connectivity index (χ1v) is 13.0. The molecule has 2 aliphatic heterocycles. The van der Waals surface area contributed by atoms with Gasteiger partial charge in [0.05, 0.1) is 37.4 Å². The van der Waals surface area contributed by atoms with Crippen LogP contribution < -0.4 is 10.2 Å². The fourth-order valence-electron chi connectivity index (χ4n) is 4.94. The van der Waals surface area contributed by atoms with Crippen molar-refractivity contribution in [2.75, 3.05) is 38.3 Å². The monoisotopic (exact) mass is 506 g/mol. The normalized spacial score (nSPS) is 19.0. The molecular weight excluding hydrogens is 476 g/mol. The third-order valence-electron chi connectivity index (χ3n) is 6.80. The average molecular weight is 507 g/mol. The fraction of sp³-hybridized carbons (Fsp3) is 0.462. The number of fused-ring (bicyclic) bond motifs is 2. The van der Waals surface area contributed by atoms with Crippen molar-refractivity contribution in [3.05, 3.63) is 46.1 Å². The van der Waals surface area contributed by atoms with Crippen molar-refractivity contribution in [2.45, 2.75) is 44.7 Å². The lowest BCUT2D eigenvalue weighted by atomic mass is 9.94. The molecule has 0 radical (unpaired) electrons. The maximum atomic E-state index is 12.9. The number of nitrogens with one attached hydrogen (secondary N) is 2. The maximum Gasteiger partial charge on any atom is 0.263 e. The molecule has 5 rings (SSSR count). The molecule has 0 unspecified atom stereocenters. The lowest BCUT2D eigenvalue weighted by molar-refractivity contribution is 0.0797. The number of nitrogens with zero attached hydrogens (tertiary/aromatic N) is 4. The Labute approximate surface area is 214 Å². The number of thiazole rings is 1. The number of nitriles is 1. The molecule has 2 N–H and O–H groups in total. The average Bonchev–Trinajstić information content (AvgIpc) is 3.45. The Morgan fingerprint density at radius 3 is 3.06 bits per heavy atom. The van der Waals surface area contributed by atoms with Crippen molar-refractivity contribution in [1.29, 1.82) is 5.26 Å². The van der Waals surface area contributed by atoms with Crippen molar-refractivity contribution < 1.29 is 14.3 Å². The van der Waals surface area contributed by atoms with E-state index < -0.39 is 0 Å². The highest BCUT2D eigenvalue weighted by atomic mass is 32.1. The van der Waals surface area contributed by atoms with E-state index in [-0.39, 0.29) is 23.4 Å². The summed E-state index contributed by atoms with van der Waals surface area (Å²) >= 11 is 1.45. The standard InChI is InChI=1S/C26H30N6O3S/c1-26(2)13-21-22(23(33)30-26)36-25(29-21)32-9-10-35-15-18(32)11-17-14-28-20-6-5-16(12-19(17)20)24(34)31(3)8-4-7-27/h5-6,12,14,18,28H,4,8-11,13,15H2,1-3H3,(H,30,33)/t18-/m0/s1. The minimum absolute atomic E-state index is 0.0524. The predicted octanol–water partition coefficient (Wildman–Crippen LogP) is 3.12. The molecule has 10 heteroatoms. The smallest absolute Gasteiger partial charge is 0.263 e. The first-order valence-electron chi connectivity index (χ1n) is 12.1. The molecule has 1 atom stereocenters. The van der Waals surface area contributed by atoms with Gasteiger partial charge in [-0.25, -0.2) is 4.98 Å². The van der Waals surface area contributed by atoms with Crippen LogP contribution in [0.5, 0.6) is 0 Å². The number of rotatable bonds is 6. The summed E-state index contributed by atoms with van der Waals surface area (Å²) in [5.41, 5.74) is 3.22. The van der Waals surface area contributed by atoms with Gasteiger partial charge in [0.25, 0.3) is 11.8 Å². The zero-order chi connectivity index (χ0) is 25.4. The minimum atomic E-state index is -0.304. The molecule has 1 fully saturated rings. The summed E-state index contributed by atoms with van der Waals surface area (Å²) in [7, 11) is 1.72. The molecule has 2 aromatic heterocycles. The van der Waals surface area contributed by atoms with E-state index in [4.69, 9.17) is 15.0 Å². The molecule has 0 bridgehead atoms. The van der Waals surface area contributed by atoms with E-state index in [0.717, 1.165) is 27.3 Å². The van der Waals surface area contributed by atoms with Gasteiger partial charge in [-0.2, -0.15) is 5.26 Å². The molecule has 1 aromatic carbocycles. The Hall–Kier alpha value is -3.42. The van der Waals surface area contributed by atoms with Gasteiger partial charge in [0.15, 0.2) is 5.13 Å². The number of H-pyrrole nitrogens is 1. The summed E-state index contributed by atoms with van der Waals surface area (Å²) in [6, 6.07) is 7.80. The van der Waals surface area contributed by atoms with Crippen LogP contribution in [0, 0.1) is 11.3 Å². The van der Waals surface area contributed by atoms with E-state index in [1.165, 1.54) is 11.3 Å². The van der Waals surface area contributed by atoms with Crippen LogP contribution in [0.3, 0.4) is 0 Å². The first kappa shape index (κ1) is 24.3. The zero-order valence-corrected chi connectivity index (χ0v) is 21.6. The molecule has 0 aliphatic carbocycles. The third-order valence-corrected chi connectivity index (χ3v) is 7.94. The highest BCUT2D eigenvalue weighted by Gasteiger charge is 2.35. The second-order valence-corrected chi connectivity index (χ2v) is 11.1. The number of carbonyl (C=O) groups excluding carboxylic acids is 2. The Kier molecular flexibility index (Phi) is 6.45. The molecule has 0 saturated carbocycles. The Bertz CT molecular complexity index is 1350. The highest BCUT2D eigenvalue weighted by molar-refractivity contribution is 7.17. The van der Waals surface area contributed by atoms with Crippen LogP contribution >= 0.6 is 11.3 Å². The van der Waals surface area contributed by atoms with Crippen LogP contribution in [0.4, 0.5) is 5.13 Å². The van der Waals surface area contributed by atoms with Gasteiger partial charge in [-0.1, -0.05) is 11.3 Å². The molecular formula is C26H30N6O3S. The summed E-state index contributed by atoms with van der Waals surface area (Å²) in [5.74, 6) is -0.153. The number of hydrogen-bond donors (Lipinski definition) is 2. The molecule has 1 saturated heterocycles. The van der Waals surface area contributed by atoms with E-state index in [9.17, 15) is 9.59 Å². The number of benzene rings is 1. The largest absolute Gasteiger partial charge is 0.377 e. The summed E-state index contributed by atoms with van der Waals surface area (Å²) in [5, 5.41) is 13.8. The van der Waals surface area contributed by atoms with E-state index in [0.29, 0.717) is 56.0 Å². The number of aromatic nitrogens is 2. The van der Waals surface area contributed by atoms with Gasteiger partial charge in [-0.05, 0) is 44.0 Å². The summed E-state index contributed by atoms with van der Waals surface area (Å²) in [6.45, 7) is 6.31. The van der Waals surface area contributed by atoms with Crippen LogP contribution in [0.1, 0.15) is 51.6 Å². The number of amides is 2. The number of ether oxygens (including phenoxy) is 1. The molecule has 36 heavy (non-hydrogen) atoms. The number of anilines is 1. The highest BCUT2D eigenvalue weighted by Crippen LogP contribution is 2.34. The molecule has 2 amide bonds. The maximum absolute atomic E-state index is 12.9. The van der Waals surface area contributed by atoms with Crippen molar-refractivity contribution >= 4 is 39.2 Å². The fourth-order valence-corrected chi connectivity index (χ4v) is 6.01. The van der Waals surface area contributed by atoms with Gasteiger partial charge in [-0.15, -0.1) is 0 Å². The molecule has 188 valence electrons. The first-order chi connectivity index (χ1) is 17.3. The molecule has 9 nitrogen and oxygen atoms in total. The predicted molar refractivity (Wildman–Crippen MR) is 139 cm³/mol. The van der Waals surface area contributed by atoms with Crippen molar-refractivity contribution in [1.82, 2.24) is 20.2 Å². The summed E-state index contributed by atoms with van der Waals surface area (Å²) in [6.07, 6.45) is 3.72. The van der Waals surface area contributed by atoms with Crippen LogP contribution in [-0.2, 0) is 17.6 Å². The topological polar surface area (TPSA) is 114 Å². The van der Waals surface area contributed by atoms with Gasteiger partial charge < -0.3 is 24.8 Å².